The first-order valence-electron chi connectivity index (χ1n) is 8.01. The standard InChI is InChI=1S/C20H13Cl2FN2O2S/c21-13-8-12(9-14(22)10-13)18-6-4-17(27-18)5-7-19(26)25-20(28)24-16-3-1-2-15(23)11-16/h1-11H,(H2,24,25,26,28)/b7-5+. The van der Waals surface area contributed by atoms with Gasteiger partial charge in [-0.2, -0.15) is 0 Å². The molecule has 4 nitrogen and oxygen atoms in total. The molecule has 3 rings (SSSR count). The van der Waals surface area contributed by atoms with Gasteiger partial charge in [0.15, 0.2) is 5.11 Å². The molecule has 0 unspecified atom stereocenters. The van der Waals surface area contributed by atoms with E-state index < -0.39 is 11.7 Å². The molecule has 28 heavy (non-hydrogen) atoms. The molecule has 0 radical (unpaired) electrons. The van der Waals surface area contributed by atoms with Crippen molar-refractivity contribution in [1.82, 2.24) is 5.32 Å². The van der Waals surface area contributed by atoms with Crippen LogP contribution in [0.15, 0.2) is 65.1 Å². The number of rotatable bonds is 4. The highest BCUT2D eigenvalue weighted by atomic mass is 35.5. The number of amides is 1. The third-order valence-corrected chi connectivity index (χ3v) is 4.13. The molecular weight excluding hydrogens is 422 g/mol. The van der Waals surface area contributed by atoms with Crippen LogP contribution >= 0.6 is 35.4 Å². The Balaban J connectivity index is 1.60. The topological polar surface area (TPSA) is 54.3 Å². The van der Waals surface area contributed by atoms with E-state index in [9.17, 15) is 9.18 Å². The molecule has 1 heterocycles. The number of hydrogen-bond acceptors (Lipinski definition) is 3. The summed E-state index contributed by atoms with van der Waals surface area (Å²) in [5, 5.41) is 6.23. The lowest BCUT2D eigenvalue weighted by molar-refractivity contribution is -0.115. The number of carbonyl (C=O) groups is 1. The molecule has 142 valence electrons. The van der Waals surface area contributed by atoms with Gasteiger partial charge < -0.3 is 9.73 Å². The smallest absolute Gasteiger partial charge is 0.250 e. The second kappa shape index (κ2) is 9.01. The lowest BCUT2D eigenvalue weighted by atomic mass is 10.2. The Morgan fingerprint density at radius 2 is 1.82 bits per heavy atom. The molecule has 0 aliphatic rings. The van der Waals surface area contributed by atoms with Gasteiger partial charge in [0.25, 0.3) is 0 Å². The normalized spacial score (nSPS) is 10.8. The van der Waals surface area contributed by atoms with Crippen LogP contribution in [-0.4, -0.2) is 11.0 Å². The zero-order valence-corrected chi connectivity index (χ0v) is 16.5. The Hall–Kier alpha value is -2.67. The van der Waals surface area contributed by atoms with Gasteiger partial charge in [0.05, 0.1) is 0 Å². The minimum Gasteiger partial charge on any atom is -0.457 e. The van der Waals surface area contributed by atoms with E-state index in [4.69, 9.17) is 39.8 Å². The van der Waals surface area contributed by atoms with Gasteiger partial charge >= 0.3 is 0 Å². The van der Waals surface area contributed by atoms with Crippen LogP contribution in [0.4, 0.5) is 10.1 Å². The van der Waals surface area contributed by atoms with Gasteiger partial charge in [-0.3, -0.25) is 10.1 Å². The lowest BCUT2D eigenvalue weighted by Crippen LogP contribution is -2.32. The summed E-state index contributed by atoms with van der Waals surface area (Å²) in [6.07, 6.45) is 2.77. The fraction of sp³-hybridized carbons (Fsp3) is 0. The van der Waals surface area contributed by atoms with Crippen LogP contribution in [0, 0.1) is 5.82 Å². The molecule has 0 fully saturated rings. The van der Waals surface area contributed by atoms with Crippen molar-refractivity contribution in [2.45, 2.75) is 0 Å². The van der Waals surface area contributed by atoms with Gasteiger partial charge in [0.1, 0.15) is 17.3 Å². The molecule has 2 N–H and O–H groups in total. The summed E-state index contributed by atoms with van der Waals surface area (Å²) in [7, 11) is 0. The molecular formula is C20H13Cl2FN2O2S. The van der Waals surface area contributed by atoms with Crippen LogP contribution in [0.1, 0.15) is 5.76 Å². The zero-order chi connectivity index (χ0) is 20.1. The minimum absolute atomic E-state index is 0.0500. The summed E-state index contributed by atoms with van der Waals surface area (Å²) in [4.78, 5) is 12.0. The molecule has 0 aliphatic carbocycles. The molecule has 0 atom stereocenters. The first-order chi connectivity index (χ1) is 13.4. The Kier molecular flexibility index (Phi) is 6.46. The van der Waals surface area contributed by atoms with E-state index in [0.29, 0.717) is 27.3 Å². The maximum Gasteiger partial charge on any atom is 0.250 e. The van der Waals surface area contributed by atoms with Crippen molar-refractivity contribution in [3.63, 3.8) is 0 Å². The number of anilines is 1. The Morgan fingerprint density at radius 3 is 2.54 bits per heavy atom. The van der Waals surface area contributed by atoms with Crippen molar-refractivity contribution < 1.29 is 13.6 Å². The molecule has 8 heteroatoms. The summed E-state index contributed by atoms with van der Waals surface area (Å²) in [5.41, 5.74) is 1.16. The minimum atomic E-state index is -0.461. The van der Waals surface area contributed by atoms with Crippen molar-refractivity contribution in [2.24, 2.45) is 0 Å². The van der Waals surface area contributed by atoms with Crippen LogP contribution in [0.25, 0.3) is 17.4 Å². The fourth-order valence-corrected chi connectivity index (χ4v) is 3.08. The maximum atomic E-state index is 13.2. The van der Waals surface area contributed by atoms with E-state index in [-0.39, 0.29) is 5.11 Å². The van der Waals surface area contributed by atoms with E-state index in [0.717, 1.165) is 5.56 Å². The Labute approximate surface area is 176 Å². The quantitative estimate of drug-likeness (QED) is 0.395. The summed E-state index contributed by atoms with van der Waals surface area (Å²) < 4.78 is 18.8. The summed E-state index contributed by atoms with van der Waals surface area (Å²) >= 11 is 17.0. The van der Waals surface area contributed by atoms with Crippen molar-refractivity contribution in [2.75, 3.05) is 5.32 Å². The van der Waals surface area contributed by atoms with Crippen molar-refractivity contribution in [3.8, 4) is 11.3 Å². The molecule has 3 aromatic rings. The highest BCUT2D eigenvalue weighted by molar-refractivity contribution is 7.80. The van der Waals surface area contributed by atoms with Gasteiger partial charge in [-0.05, 0) is 66.8 Å². The van der Waals surface area contributed by atoms with Crippen LogP contribution < -0.4 is 10.6 Å². The number of halogens is 3. The molecule has 0 bridgehead atoms. The van der Waals surface area contributed by atoms with Gasteiger partial charge in [-0.1, -0.05) is 29.3 Å². The highest BCUT2D eigenvalue weighted by Gasteiger charge is 2.07. The molecule has 0 saturated heterocycles. The van der Waals surface area contributed by atoms with E-state index in [1.54, 1.807) is 36.4 Å². The molecule has 0 aliphatic heterocycles. The third kappa shape index (κ3) is 5.66. The molecule has 1 amide bonds. The SMILES string of the molecule is O=C(/C=C/c1ccc(-c2cc(Cl)cc(Cl)c2)o1)NC(=S)Nc1cccc(F)c1. The second-order valence-electron chi connectivity index (χ2n) is 5.65. The summed E-state index contributed by atoms with van der Waals surface area (Å²) in [6, 6.07) is 14.3. The number of hydrogen-bond donors (Lipinski definition) is 2. The highest BCUT2D eigenvalue weighted by Crippen LogP contribution is 2.28. The largest absolute Gasteiger partial charge is 0.457 e. The third-order valence-electron chi connectivity index (χ3n) is 3.49. The molecule has 2 aromatic carbocycles. The predicted octanol–water partition coefficient (Wildman–Crippen LogP) is 5.92. The summed E-state index contributed by atoms with van der Waals surface area (Å²) in [5.74, 6) is 0.157. The molecule has 1 aromatic heterocycles. The van der Waals surface area contributed by atoms with Crippen molar-refractivity contribution in [3.05, 3.63) is 82.3 Å². The molecule has 0 saturated carbocycles. The second-order valence-corrected chi connectivity index (χ2v) is 6.93. The van der Waals surface area contributed by atoms with E-state index in [2.05, 4.69) is 10.6 Å². The Bertz CT molecular complexity index is 1050. The number of carbonyl (C=O) groups excluding carboxylic acids is 1. The lowest BCUT2D eigenvalue weighted by Gasteiger charge is -2.07. The number of benzene rings is 2. The summed E-state index contributed by atoms with van der Waals surface area (Å²) in [6.45, 7) is 0. The van der Waals surface area contributed by atoms with Crippen LogP contribution in [-0.2, 0) is 4.79 Å². The average Bonchev–Trinajstić information content (AvgIpc) is 3.08. The van der Waals surface area contributed by atoms with Gasteiger partial charge in [-0.25, -0.2) is 4.39 Å². The van der Waals surface area contributed by atoms with E-state index in [1.165, 1.54) is 30.4 Å². The van der Waals surface area contributed by atoms with Crippen molar-refractivity contribution >= 4 is 58.2 Å². The molecule has 0 spiro atoms. The first kappa shape index (κ1) is 20.1. The Morgan fingerprint density at radius 1 is 1.07 bits per heavy atom. The maximum absolute atomic E-state index is 13.2. The number of nitrogens with one attached hydrogen (secondary N) is 2. The van der Waals surface area contributed by atoms with E-state index >= 15 is 0 Å². The van der Waals surface area contributed by atoms with Gasteiger partial charge in [0.2, 0.25) is 5.91 Å². The fourth-order valence-electron chi connectivity index (χ4n) is 2.33. The average molecular weight is 435 g/mol. The number of thiocarbonyl (C=S) groups is 1. The predicted molar refractivity (Wildman–Crippen MR) is 114 cm³/mol. The van der Waals surface area contributed by atoms with Crippen LogP contribution in [0.3, 0.4) is 0 Å². The van der Waals surface area contributed by atoms with Gasteiger partial charge in [0, 0.05) is 27.4 Å². The van der Waals surface area contributed by atoms with Gasteiger partial charge in [-0.15, -0.1) is 0 Å². The van der Waals surface area contributed by atoms with E-state index in [1.807, 2.05) is 0 Å². The zero-order valence-electron chi connectivity index (χ0n) is 14.2. The van der Waals surface area contributed by atoms with Crippen molar-refractivity contribution in [1.29, 1.82) is 0 Å². The first-order valence-corrected chi connectivity index (χ1v) is 9.17. The van der Waals surface area contributed by atoms with Crippen LogP contribution in [0.2, 0.25) is 10.0 Å². The monoisotopic (exact) mass is 434 g/mol. The van der Waals surface area contributed by atoms with Crippen LogP contribution in [0.5, 0.6) is 0 Å². The number of furan rings is 1.